The molecule has 0 spiro atoms. The van der Waals surface area contributed by atoms with Gasteiger partial charge in [0.05, 0.1) is 0 Å². The first-order valence-corrected chi connectivity index (χ1v) is 7.56. The van der Waals surface area contributed by atoms with Crippen LogP contribution in [0.3, 0.4) is 0 Å². The summed E-state index contributed by atoms with van der Waals surface area (Å²) in [7, 11) is 0. The third-order valence-electron chi connectivity index (χ3n) is 2.94. The van der Waals surface area contributed by atoms with E-state index in [1.165, 1.54) is 6.07 Å². The highest BCUT2D eigenvalue weighted by molar-refractivity contribution is 9.10. The average Bonchev–Trinajstić information content (AvgIpc) is 2.95. The molecule has 7 heteroatoms. The predicted octanol–water partition coefficient (Wildman–Crippen LogP) is 4.90. The van der Waals surface area contributed by atoms with E-state index >= 15 is 0 Å². The van der Waals surface area contributed by atoms with Gasteiger partial charge < -0.3 is 9.73 Å². The molecular weight excluding hydrogens is 373 g/mol. The molecule has 112 valence electrons. The molecule has 1 heterocycles. The molecule has 22 heavy (non-hydrogen) atoms. The maximum atomic E-state index is 13.7. The highest BCUT2D eigenvalue weighted by atomic mass is 79.9. The lowest BCUT2D eigenvalue weighted by atomic mass is 10.2. The van der Waals surface area contributed by atoms with Gasteiger partial charge in [0.15, 0.2) is 0 Å². The number of rotatable bonds is 4. The lowest BCUT2D eigenvalue weighted by Gasteiger charge is -2.03. The molecule has 3 aromatic rings. The van der Waals surface area contributed by atoms with E-state index in [1.54, 1.807) is 30.3 Å². The number of hydrogen-bond acceptors (Lipinski definition) is 4. The summed E-state index contributed by atoms with van der Waals surface area (Å²) in [6.45, 7) is 0.246. The van der Waals surface area contributed by atoms with Crippen LogP contribution in [-0.2, 0) is 6.54 Å². The van der Waals surface area contributed by atoms with Crippen LogP contribution in [-0.4, -0.2) is 10.2 Å². The highest BCUT2D eigenvalue weighted by Gasteiger charge is 2.09. The quantitative estimate of drug-likeness (QED) is 0.697. The van der Waals surface area contributed by atoms with E-state index in [2.05, 4.69) is 31.4 Å². The molecule has 4 nitrogen and oxygen atoms in total. The number of benzene rings is 2. The van der Waals surface area contributed by atoms with Crippen molar-refractivity contribution in [2.24, 2.45) is 0 Å². The van der Waals surface area contributed by atoms with Crippen LogP contribution in [0.5, 0.6) is 0 Å². The van der Waals surface area contributed by atoms with E-state index in [-0.39, 0.29) is 18.4 Å². The highest BCUT2D eigenvalue weighted by Crippen LogP contribution is 2.23. The zero-order valence-electron chi connectivity index (χ0n) is 11.2. The molecule has 0 radical (unpaired) electrons. The van der Waals surface area contributed by atoms with Crippen molar-refractivity contribution >= 4 is 33.5 Å². The first kappa shape index (κ1) is 15.0. The molecule has 0 atom stereocenters. The summed E-state index contributed by atoms with van der Waals surface area (Å²) in [5.74, 6) is 0.0396. The summed E-state index contributed by atoms with van der Waals surface area (Å²) in [4.78, 5) is 0. The van der Waals surface area contributed by atoms with Crippen LogP contribution in [0, 0.1) is 5.82 Å². The normalized spacial score (nSPS) is 10.7. The van der Waals surface area contributed by atoms with Crippen LogP contribution in [0.4, 0.5) is 10.4 Å². The number of aromatic nitrogens is 2. The van der Waals surface area contributed by atoms with Gasteiger partial charge in [-0.05, 0) is 30.3 Å². The van der Waals surface area contributed by atoms with Crippen molar-refractivity contribution in [1.82, 2.24) is 10.2 Å². The van der Waals surface area contributed by atoms with Gasteiger partial charge in [0, 0.05) is 27.2 Å². The second kappa shape index (κ2) is 6.46. The monoisotopic (exact) mass is 381 g/mol. The molecule has 0 unspecified atom stereocenters. The third kappa shape index (κ3) is 3.45. The number of anilines is 1. The summed E-state index contributed by atoms with van der Waals surface area (Å²) in [6.07, 6.45) is 0. The van der Waals surface area contributed by atoms with E-state index in [9.17, 15) is 4.39 Å². The van der Waals surface area contributed by atoms with Crippen molar-refractivity contribution in [2.75, 3.05) is 5.32 Å². The summed E-state index contributed by atoms with van der Waals surface area (Å²) < 4.78 is 19.9. The fraction of sp³-hybridized carbons (Fsp3) is 0.0667. The Kier molecular flexibility index (Phi) is 4.40. The second-order valence-corrected chi connectivity index (χ2v) is 5.86. The largest absolute Gasteiger partial charge is 0.403 e. The molecule has 0 amide bonds. The van der Waals surface area contributed by atoms with E-state index in [1.807, 2.05) is 6.07 Å². The van der Waals surface area contributed by atoms with Crippen LogP contribution >= 0.6 is 27.5 Å². The van der Waals surface area contributed by atoms with Crippen LogP contribution in [0.25, 0.3) is 11.5 Å². The van der Waals surface area contributed by atoms with Gasteiger partial charge >= 0.3 is 6.01 Å². The van der Waals surface area contributed by atoms with Gasteiger partial charge in [0.1, 0.15) is 5.82 Å². The van der Waals surface area contributed by atoms with E-state index < -0.39 is 0 Å². The smallest absolute Gasteiger partial charge is 0.316 e. The molecule has 0 saturated heterocycles. The molecule has 1 N–H and O–H groups in total. The van der Waals surface area contributed by atoms with Gasteiger partial charge in [-0.25, -0.2) is 4.39 Å². The van der Waals surface area contributed by atoms with Crippen LogP contribution in [0.1, 0.15) is 5.56 Å². The van der Waals surface area contributed by atoms with Gasteiger partial charge in [-0.15, -0.1) is 5.10 Å². The Morgan fingerprint density at radius 2 is 2.05 bits per heavy atom. The average molecular weight is 383 g/mol. The van der Waals surface area contributed by atoms with Crippen LogP contribution in [0.15, 0.2) is 51.4 Å². The topological polar surface area (TPSA) is 51.0 Å². The lowest BCUT2D eigenvalue weighted by molar-refractivity contribution is 0.576. The minimum atomic E-state index is -0.309. The van der Waals surface area contributed by atoms with Gasteiger partial charge in [-0.3, -0.25) is 0 Å². The Balaban J connectivity index is 1.72. The minimum Gasteiger partial charge on any atom is -0.403 e. The standard InChI is InChI=1S/C15H10BrClFN3O/c16-11-5-4-10(13(18)7-11)8-19-15-21-20-14(22-15)9-2-1-3-12(17)6-9/h1-7H,8H2,(H,19,21). The first-order valence-electron chi connectivity index (χ1n) is 6.39. The van der Waals surface area contributed by atoms with Crippen molar-refractivity contribution in [2.45, 2.75) is 6.54 Å². The molecule has 3 rings (SSSR count). The Bertz CT molecular complexity index is 809. The Morgan fingerprint density at radius 1 is 1.18 bits per heavy atom. The SMILES string of the molecule is Fc1cc(Br)ccc1CNc1nnc(-c2cccc(Cl)c2)o1. The predicted molar refractivity (Wildman–Crippen MR) is 86.2 cm³/mol. The second-order valence-electron chi connectivity index (χ2n) is 4.51. The molecule has 0 fully saturated rings. The molecule has 1 aromatic heterocycles. The molecular formula is C15H10BrClFN3O. The third-order valence-corrected chi connectivity index (χ3v) is 3.67. The summed E-state index contributed by atoms with van der Waals surface area (Å²) in [6, 6.07) is 12.2. The molecule has 0 bridgehead atoms. The molecule has 2 aromatic carbocycles. The van der Waals surface area contributed by atoms with Crippen molar-refractivity contribution < 1.29 is 8.81 Å². The van der Waals surface area contributed by atoms with Crippen LogP contribution < -0.4 is 5.32 Å². The molecule has 0 aliphatic carbocycles. The number of hydrogen-bond donors (Lipinski definition) is 1. The van der Waals surface area contributed by atoms with Crippen molar-refractivity contribution in [3.8, 4) is 11.5 Å². The van der Waals surface area contributed by atoms with E-state index in [4.69, 9.17) is 16.0 Å². The number of halogens is 3. The van der Waals surface area contributed by atoms with Crippen LogP contribution in [0.2, 0.25) is 5.02 Å². The Morgan fingerprint density at radius 3 is 2.82 bits per heavy atom. The zero-order chi connectivity index (χ0) is 15.5. The minimum absolute atomic E-state index is 0.220. The number of nitrogens with zero attached hydrogens (tertiary/aromatic N) is 2. The van der Waals surface area contributed by atoms with Crippen molar-refractivity contribution in [3.63, 3.8) is 0 Å². The van der Waals surface area contributed by atoms with Gasteiger partial charge in [0.2, 0.25) is 5.89 Å². The Hall–Kier alpha value is -1.92. The summed E-state index contributed by atoms with van der Waals surface area (Å²) in [5, 5.41) is 11.3. The van der Waals surface area contributed by atoms with Gasteiger partial charge in [-0.1, -0.05) is 44.8 Å². The first-order chi connectivity index (χ1) is 10.6. The van der Waals surface area contributed by atoms with Crippen molar-refractivity contribution in [1.29, 1.82) is 0 Å². The molecule has 0 aliphatic heterocycles. The fourth-order valence-electron chi connectivity index (χ4n) is 1.87. The molecule has 0 saturated carbocycles. The van der Waals surface area contributed by atoms with E-state index in [0.29, 0.717) is 20.9 Å². The van der Waals surface area contributed by atoms with Gasteiger partial charge in [-0.2, -0.15) is 0 Å². The maximum Gasteiger partial charge on any atom is 0.316 e. The summed E-state index contributed by atoms with van der Waals surface area (Å²) >= 11 is 9.14. The fourth-order valence-corrected chi connectivity index (χ4v) is 2.39. The number of nitrogens with one attached hydrogen (secondary N) is 1. The lowest BCUT2D eigenvalue weighted by Crippen LogP contribution is -2.01. The maximum absolute atomic E-state index is 13.7. The molecule has 0 aliphatic rings. The Labute approximate surface area is 139 Å². The van der Waals surface area contributed by atoms with E-state index in [0.717, 1.165) is 5.56 Å². The van der Waals surface area contributed by atoms with Gasteiger partial charge in [0.25, 0.3) is 0 Å². The zero-order valence-corrected chi connectivity index (χ0v) is 13.5. The summed E-state index contributed by atoms with van der Waals surface area (Å²) in [5.41, 5.74) is 1.23. The van der Waals surface area contributed by atoms with Crippen molar-refractivity contribution in [3.05, 3.63) is 63.3 Å².